The maximum Gasteiger partial charge on any atom is 0.231 e. The van der Waals surface area contributed by atoms with Crippen LogP contribution in [0.1, 0.15) is 63.3 Å². The fourth-order valence-corrected chi connectivity index (χ4v) is 6.54. The lowest BCUT2D eigenvalue weighted by molar-refractivity contribution is 0.243. The molecule has 41 heavy (non-hydrogen) atoms. The molecule has 0 amide bonds. The summed E-state index contributed by atoms with van der Waals surface area (Å²) in [6.07, 6.45) is 2.19. The number of fused-ring (bicyclic) bond motifs is 1. The Bertz CT molecular complexity index is 1660. The quantitative estimate of drug-likeness (QED) is 0.178. The smallest absolute Gasteiger partial charge is 0.231 e. The minimum atomic E-state index is -3.52. The van der Waals surface area contributed by atoms with E-state index < -0.39 is 15.1 Å². The van der Waals surface area contributed by atoms with E-state index in [9.17, 15) is 8.42 Å². The Morgan fingerprint density at radius 2 is 1.68 bits per heavy atom. The van der Waals surface area contributed by atoms with E-state index in [1.54, 1.807) is 32.0 Å². The number of nitrogens with one attached hydrogen (secondary N) is 4. The van der Waals surface area contributed by atoms with Crippen molar-refractivity contribution in [3.63, 3.8) is 0 Å². The van der Waals surface area contributed by atoms with Crippen molar-refractivity contribution in [2.24, 2.45) is 0 Å². The van der Waals surface area contributed by atoms with Gasteiger partial charge in [-0.3, -0.25) is 0 Å². The molecule has 0 atom stereocenters. The zero-order valence-corrected chi connectivity index (χ0v) is 25.4. The molecule has 9 nitrogen and oxygen atoms in total. The highest BCUT2D eigenvalue weighted by atomic mass is 32.2. The third-order valence-corrected chi connectivity index (χ3v) is 9.66. The number of anilines is 4. The molecule has 0 unspecified atom stereocenters. The highest BCUT2D eigenvalue weighted by molar-refractivity contribution is 7.92. The minimum Gasteiger partial charge on any atom is -0.489 e. The van der Waals surface area contributed by atoms with Gasteiger partial charge in [-0.15, -0.1) is 0 Å². The number of rotatable bonds is 9. The van der Waals surface area contributed by atoms with Crippen molar-refractivity contribution in [1.82, 2.24) is 20.3 Å². The van der Waals surface area contributed by atoms with Gasteiger partial charge in [0.15, 0.2) is 9.84 Å². The Labute approximate surface area is 242 Å². The van der Waals surface area contributed by atoms with Crippen LogP contribution in [-0.2, 0) is 9.84 Å². The van der Waals surface area contributed by atoms with Crippen LogP contribution in [-0.4, -0.2) is 47.8 Å². The van der Waals surface area contributed by atoms with Crippen molar-refractivity contribution < 1.29 is 13.2 Å². The lowest BCUT2D eigenvalue weighted by Gasteiger charge is -2.26. The standard InChI is InChI=1S/C31H40N6O3S/c1-18(2)40-27-17-23(22-11-13-32-14-12-22)20(5)15-26(27)35-31-36-29-24(16-21(6)33-29)30(37-31)34-25-9-7-8-10-28(25)41(38,39)19(3)4/h7-10,15-19,22,32H,11-14H2,1-6H3,(H3,33,34,35,36,37). The summed E-state index contributed by atoms with van der Waals surface area (Å²) < 4.78 is 32.5. The normalized spacial score (nSPS) is 14.6. The van der Waals surface area contributed by atoms with Crippen LogP contribution in [0.25, 0.3) is 11.0 Å². The molecule has 0 spiro atoms. The molecule has 2 aromatic heterocycles. The molecule has 0 bridgehead atoms. The molecule has 218 valence electrons. The first kappa shape index (κ1) is 28.9. The molecule has 3 heterocycles. The number of sulfone groups is 1. The monoisotopic (exact) mass is 576 g/mol. The Morgan fingerprint density at radius 3 is 2.39 bits per heavy atom. The van der Waals surface area contributed by atoms with E-state index in [2.05, 4.69) is 40.0 Å². The summed E-state index contributed by atoms with van der Waals surface area (Å²) >= 11 is 0. The van der Waals surface area contributed by atoms with Crippen LogP contribution in [0.4, 0.5) is 23.1 Å². The summed E-state index contributed by atoms with van der Waals surface area (Å²) in [5.74, 6) is 2.12. The number of benzene rings is 2. The van der Waals surface area contributed by atoms with Gasteiger partial charge in [0.2, 0.25) is 5.95 Å². The minimum absolute atomic E-state index is 0.00906. The second kappa shape index (κ2) is 11.7. The molecule has 5 rings (SSSR count). The zero-order valence-electron chi connectivity index (χ0n) is 24.6. The van der Waals surface area contributed by atoms with Gasteiger partial charge < -0.3 is 25.7 Å². The zero-order chi connectivity index (χ0) is 29.3. The summed E-state index contributed by atoms with van der Waals surface area (Å²) in [5.41, 5.74) is 5.32. The van der Waals surface area contributed by atoms with Gasteiger partial charge in [-0.1, -0.05) is 12.1 Å². The van der Waals surface area contributed by atoms with Crippen LogP contribution < -0.4 is 20.7 Å². The molecule has 2 aromatic carbocycles. The van der Waals surface area contributed by atoms with Gasteiger partial charge in [-0.2, -0.15) is 9.97 Å². The number of hydrogen-bond donors (Lipinski definition) is 4. The molecule has 4 aromatic rings. The molecule has 1 saturated heterocycles. The first-order chi connectivity index (χ1) is 19.5. The van der Waals surface area contributed by atoms with E-state index >= 15 is 0 Å². The second-order valence-electron chi connectivity index (χ2n) is 11.3. The SMILES string of the molecule is Cc1cc2c(Nc3ccccc3S(=O)(=O)C(C)C)nc(Nc3cc(C)c(C4CCNCC4)cc3OC(C)C)nc2[nH]1. The average Bonchev–Trinajstić information content (AvgIpc) is 3.31. The second-order valence-corrected chi connectivity index (χ2v) is 13.8. The molecule has 1 fully saturated rings. The predicted octanol–water partition coefficient (Wildman–Crippen LogP) is 6.50. The van der Waals surface area contributed by atoms with Gasteiger partial charge >= 0.3 is 0 Å². The number of para-hydroxylation sites is 1. The molecule has 4 N–H and O–H groups in total. The number of ether oxygens (including phenoxy) is 1. The number of H-pyrrole nitrogens is 1. The number of hydrogen-bond acceptors (Lipinski definition) is 8. The number of aryl methyl sites for hydroxylation is 2. The maximum atomic E-state index is 13.1. The summed E-state index contributed by atoms with van der Waals surface area (Å²) in [4.78, 5) is 13.1. The van der Waals surface area contributed by atoms with Crippen molar-refractivity contribution in [2.45, 2.75) is 76.6 Å². The van der Waals surface area contributed by atoms with E-state index in [0.717, 1.165) is 48.4 Å². The van der Waals surface area contributed by atoms with Crippen molar-refractivity contribution in [3.05, 3.63) is 59.3 Å². The van der Waals surface area contributed by atoms with Crippen LogP contribution in [0, 0.1) is 13.8 Å². The van der Waals surface area contributed by atoms with Gasteiger partial charge in [0, 0.05) is 5.69 Å². The van der Waals surface area contributed by atoms with Crippen molar-refractivity contribution in [2.75, 3.05) is 23.7 Å². The van der Waals surface area contributed by atoms with Gasteiger partial charge in [0.1, 0.15) is 17.2 Å². The summed E-state index contributed by atoms with van der Waals surface area (Å²) in [6, 6.07) is 13.1. The van der Waals surface area contributed by atoms with Crippen molar-refractivity contribution >= 4 is 44.0 Å². The average molecular weight is 577 g/mol. The number of nitrogens with zero attached hydrogens (tertiary/aromatic N) is 2. The van der Waals surface area contributed by atoms with E-state index in [-0.39, 0.29) is 11.0 Å². The Balaban J connectivity index is 1.56. The van der Waals surface area contributed by atoms with E-state index in [1.807, 2.05) is 32.9 Å². The summed E-state index contributed by atoms with van der Waals surface area (Å²) in [7, 11) is -3.52. The number of piperidine rings is 1. The van der Waals surface area contributed by atoms with E-state index in [0.29, 0.717) is 29.0 Å². The number of aromatic nitrogens is 3. The van der Waals surface area contributed by atoms with Crippen LogP contribution in [0.15, 0.2) is 47.4 Å². The largest absolute Gasteiger partial charge is 0.489 e. The van der Waals surface area contributed by atoms with Crippen LogP contribution in [0.3, 0.4) is 0 Å². The van der Waals surface area contributed by atoms with Crippen LogP contribution in [0.5, 0.6) is 5.75 Å². The van der Waals surface area contributed by atoms with Gasteiger partial charge in [-0.05, 0) is 115 Å². The lowest BCUT2D eigenvalue weighted by atomic mass is 9.87. The topological polar surface area (TPSA) is 121 Å². The first-order valence-electron chi connectivity index (χ1n) is 14.3. The third-order valence-electron chi connectivity index (χ3n) is 7.45. The number of aromatic amines is 1. The molecular weight excluding hydrogens is 536 g/mol. The van der Waals surface area contributed by atoms with Crippen LogP contribution in [0.2, 0.25) is 0 Å². The highest BCUT2D eigenvalue weighted by Crippen LogP contribution is 2.38. The van der Waals surface area contributed by atoms with E-state index in [4.69, 9.17) is 14.7 Å². The summed E-state index contributed by atoms with van der Waals surface area (Å²) in [6.45, 7) is 13.5. The third kappa shape index (κ3) is 6.18. The Morgan fingerprint density at radius 1 is 0.951 bits per heavy atom. The molecule has 1 aliphatic rings. The van der Waals surface area contributed by atoms with Crippen molar-refractivity contribution in [1.29, 1.82) is 0 Å². The molecular formula is C31H40N6O3S. The molecule has 0 saturated carbocycles. The molecule has 0 aliphatic carbocycles. The van der Waals surface area contributed by atoms with Gasteiger partial charge in [-0.25, -0.2) is 8.42 Å². The highest BCUT2D eigenvalue weighted by Gasteiger charge is 2.24. The molecule has 10 heteroatoms. The van der Waals surface area contributed by atoms with E-state index in [1.165, 1.54) is 11.1 Å². The Kier molecular flexibility index (Phi) is 8.24. The Hall–Kier alpha value is -3.63. The van der Waals surface area contributed by atoms with Gasteiger partial charge in [0.05, 0.1) is 33.0 Å². The van der Waals surface area contributed by atoms with Crippen molar-refractivity contribution in [3.8, 4) is 5.75 Å². The molecule has 0 radical (unpaired) electrons. The predicted molar refractivity (Wildman–Crippen MR) is 166 cm³/mol. The molecule has 1 aliphatic heterocycles. The maximum absolute atomic E-state index is 13.1. The lowest BCUT2D eigenvalue weighted by Crippen LogP contribution is -2.27. The van der Waals surface area contributed by atoms with Gasteiger partial charge in [0.25, 0.3) is 0 Å². The van der Waals surface area contributed by atoms with Crippen LogP contribution >= 0.6 is 0 Å². The first-order valence-corrected chi connectivity index (χ1v) is 15.8. The fourth-order valence-electron chi connectivity index (χ4n) is 5.34. The summed E-state index contributed by atoms with van der Waals surface area (Å²) in [5, 5.41) is 10.4. The fraction of sp³-hybridized carbons (Fsp3) is 0.419.